The average Bonchev–Trinajstić information content (AvgIpc) is 2.58. The van der Waals surface area contributed by atoms with E-state index >= 15 is 0 Å². The Hall–Kier alpha value is -2.77. The second-order valence-electron chi connectivity index (χ2n) is 5.54. The first-order chi connectivity index (χ1) is 11.9. The molecule has 0 unspecified atom stereocenters. The fraction of sp³-hybridized carbons (Fsp3) is 0.200. The Kier molecular flexibility index (Phi) is 6.21. The van der Waals surface area contributed by atoms with Crippen LogP contribution in [0, 0.1) is 25.2 Å². The zero-order chi connectivity index (χ0) is 18.4. The first-order valence-electron chi connectivity index (χ1n) is 7.87. The molecule has 0 saturated carbocycles. The summed E-state index contributed by atoms with van der Waals surface area (Å²) in [6.07, 6.45) is 1.48. The molecule has 4 nitrogen and oxygen atoms in total. The highest BCUT2D eigenvalue weighted by atomic mass is 35.5. The number of benzene rings is 2. The van der Waals surface area contributed by atoms with Crippen LogP contribution in [0.3, 0.4) is 0 Å². The normalized spacial score (nSPS) is 10.9. The molecule has 1 amide bonds. The maximum absolute atomic E-state index is 12.4. The van der Waals surface area contributed by atoms with Crippen molar-refractivity contribution in [1.29, 1.82) is 5.26 Å². The van der Waals surface area contributed by atoms with Gasteiger partial charge in [-0.2, -0.15) is 5.26 Å². The van der Waals surface area contributed by atoms with E-state index in [1.54, 1.807) is 24.3 Å². The van der Waals surface area contributed by atoms with Gasteiger partial charge in [-0.1, -0.05) is 17.7 Å². The van der Waals surface area contributed by atoms with Gasteiger partial charge >= 0.3 is 0 Å². The van der Waals surface area contributed by atoms with E-state index in [1.807, 2.05) is 39.0 Å². The lowest BCUT2D eigenvalue weighted by atomic mass is 10.1. The molecule has 0 fully saturated rings. The van der Waals surface area contributed by atoms with E-state index in [0.717, 1.165) is 11.1 Å². The van der Waals surface area contributed by atoms with Gasteiger partial charge in [-0.25, -0.2) is 0 Å². The fourth-order valence-corrected chi connectivity index (χ4v) is 2.42. The third-order valence-electron chi connectivity index (χ3n) is 3.70. The number of ether oxygens (including phenoxy) is 1. The number of halogens is 1. The van der Waals surface area contributed by atoms with Gasteiger partial charge in [-0.05, 0) is 68.3 Å². The molecule has 25 heavy (non-hydrogen) atoms. The van der Waals surface area contributed by atoms with E-state index in [9.17, 15) is 10.1 Å². The molecule has 2 rings (SSSR count). The van der Waals surface area contributed by atoms with Crippen LogP contribution in [-0.4, -0.2) is 12.5 Å². The van der Waals surface area contributed by atoms with Crippen molar-refractivity contribution in [2.24, 2.45) is 0 Å². The topological polar surface area (TPSA) is 62.1 Å². The molecule has 0 aliphatic carbocycles. The Morgan fingerprint density at radius 3 is 2.64 bits per heavy atom. The van der Waals surface area contributed by atoms with Crippen LogP contribution in [0.5, 0.6) is 5.75 Å². The lowest BCUT2D eigenvalue weighted by molar-refractivity contribution is -0.112. The van der Waals surface area contributed by atoms with Crippen LogP contribution >= 0.6 is 11.6 Å². The van der Waals surface area contributed by atoms with Gasteiger partial charge in [0.1, 0.15) is 17.4 Å². The molecule has 5 heteroatoms. The van der Waals surface area contributed by atoms with Crippen molar-refractivity contribution >= 4 is 29.3 Å². The van der Waals surface area contributed by atoms with Gasteiger partial charge < -0.3 is 10.1 Å². The highest BCUT2D eigenvalue weighted by molar-refractivity contribution is 6.30. The van der Waals surface area contributed by atoms with E-state index in [-0.39, 0.29) is 5.57 Å². The van der Waals surface area contributed by atoms with Gasteiger partial charge in [0.15, 0.2) is 0 Å². The summed E-state index contributed by atoms with van der Waals surface area (Å²) in [5.41, 5.74) is 3.40. The van der Waals surface area contributed by atoms with Crippen LogP contribution in [0.4, 0.5) is 5.69 Å². The largest absolute Gasteiger partial charge is 0.493 e. The maximum atomic E-state index is 12.4. The fourth-order valence-electron chi connectivity index (χ4n) is 2.24. The molecular weight excluding hydrogens is 336 g/mol. The van der Waals surface area contributed by atoms with Crippen LogP contribution in [-0.2, 0) is 4.79 Å². The number of anilines is 1. The van der Waals surface area contributed by atoms with Gasteiger partial charge in [0.25, 0.3) is 5.91 Å². The Balaban J connectivity index is 2.31. The summed E-state index contributed by atoms with van der Waals surface area (Å²) in [5.74, 6) is 0.0896. The molecule has 0 saturated heterocycles. The van der Waals surface area contributed by atoms with Crippen LogP contribution in [0.15, 0.2) is 42.0 Å². The molecule has 0 atom stereocenters. The summed E-state index contributed by atoms with van der Waals surface area (Å²) in [4.78, 5) is 12.4. The Morgan fingerprint density at radius 1 is 1.24 bits per heavy atom. The second-order valence-corrected chi connectivity index (χ2v) is 5.97. The number of nitriles is 1. The van der Waals surface area contributed by atoms with Crippen molar-refractivity contribution in [2.45, 2.75) is 20.8 Å². The molecule has 0 bridgehead atoms. The number of hydrogen-bond donors (Lipinski definition) is 1. The van der Waals surface area contributed by atoms with Gasteiger partial charge in [0.05, 0.1) is 6.61 Å². The predicted octanol–water partition coefficient (Wildman–Crippen LogP) is 4.90. The third-order valence-corrected chi connectivity index (χ3v) is 3.94. The molecule has 0 heterocycles. The van der Waals surface area contributed by atoms with Gasteiger partial charge in [0.2, 0.25) is 0 Å². The molecular formula is C20H19ClN2O2. The Labute approximate surface area is 152 Å². The van der Waals surface area contributed by atoms with E-state index in [0.29, 0.717) is 28.6 Å². The maximum Gasteiger partial charge on any atom is 0.266 e. The Morgan fingerprint density at radius 2 is 2.00 bits per heavy atom. The Bertz CT molecular complexity index is 866. The summed E-state index contributed by atoms with van der Waals surface area (Å²) in [6.45, 7) is 6.29. The summed E-state index contributed by atoms with van der Waals surface area (Å²) in [7, 11) is 0. The lowest BCUT2D eigenvalue weighted by Crippen LogP contribution is -2.13. The predicted molar refractivity (Wildman–Crippen MR) is 101 cm³/mol. The molecule has 0 aliphatic heterocycles. The standard InChI is InChI=1S/C20H19ClN2O2/c1-4-25-19-8-6-17(21)11-15(19)10-16(12-22)20(24)23-18-7-5-13(2)14(3)9-18/h5-11H,4H2,1-3H3,(H,23,24)/b16-10+. The van der Waals surface area contributed by atoms with Gasteiger partial charge in [0, 0.05) is 16.3 Å². The highest BCUT2D eigenvalue weighted by Gasteiger charge is 2.12. The summed E-state index contributed by atoms with van der Waals surface area (Å²) in [5, 5.41) is 12.6. The van der Waals surface area contributed by atoms with Crippen molar-refractivity contribution in [3.63, 3.8) is 0 Å². The minimum atomic E-state index is -0.479. The smallest absolute Gasteiger partial charge is 0.266 e. The number of nitrogens with one attached hydrogen (secondary N) is 1. The molecule has 0 aliphatic rings. The number of amides is 1. The van der Waals surface area contributed by atoms with E-state index in [4.69, 9.17) is 16.3 Å². The molecule has 0 radical (unpaired) electrons. The molecule has 0 aromatic heterocycles. The zero-order valence-electron chi connectivity index (χ0n) is 14.4. The monoisotopic (exact) mass is 354 g/mol. The van der Waals surface area contributed by atoms with Crippen LogP contribution < -0.4 is 10.1 Å². The van der Waals surface area contributed by atoms with Crippen molar-refractivity contribution < 1.29 is 9.53 Å². The first-order valence-corrected chi connectivity index (χ1v) is 8.25. The molecule has 1 N–H and O–H groups in total. The summed E-state index contributed by atoms with van der Waals surface area (Å²) < 4.78 is 5.52. The number of carbonyl (C=O) groups excluding carboxylic acids is 1. The van der Waals surface area contributed by atoms with E-state index in [1.165, 1.54) is 6.08 Å². The minimum Gasteiger partial charge on any atom is -0.493 e. The number of aryl methyl sites for hydroxylation is 2. The van der Waals surface area contributed by atoms with Crippen LogP contribution in [0.25, 0.3) is 6.08 Å². The number of nitrogens with zero attached hydrogens (tertiary/aromatic N) is 1. The number of hydrogen-bond acceptors (Lipinski definition) is 3. The van der Waals surface area contributed by atoms with E-state index < -0.39 is 5.91 Å². The quantitative estimate of drug-likeness (QED) is 0.613. The average molecular weight is 355 g/mol. The summed E-state index contributed by atoms with van der Waals surface area (Å²) >= 11 is 6.02. The minimum absolute atomic E-state index is 0.0264. The van der Waals surface area contributed by atoms with Crippen molar-refractivity contribution in [1.82, 2.24) is 0 Å². The van der Waals surface area contributed by atoms with Crippen molar-refractivity contribution in [2.75, 3.05) is 11.9 Å². The highest BCUT2D eigenvalue weighted by Crippen LogP contribution is 2.25. The lowest BCUT2D eigenvalue weighted by Gasteiger charge is -2.09. The molecule has 128 valence electrons. The molecule has 2 aromatic rings. The summed E-state index contributed by atoms with van der Waals surface area (Å²) in [6, 6.07) is 12.6. The molecule has 2 aromatic carbocycles. The van der Waals surface area contributed by atoms with Crippen LogP contribution in [0.2, 0.25) is 5.02 Å². The first kappa shape index (κ1) is 18.6. The van der Waals surface area contributed by atoms with E-state index in [2.05, 4.69) is 5.32 Å². The van der Waals surface area contributed by atoms with Gasteiger partial charge in [-0.3, -0.25) is 4.79 Å². The van der Waals surface area contributed by atoms with Gasteiger partial charge in [-0.15, -0.1) is 0 Å². The molecule has 0 spiro atoms. The third kappa shape index (κ3) is 4.85. The van der Waals surface area contributed by atoms with Crippen LogP contribution in [0.1, 0.15) is 23.6 Å². The zero-order valence-corrected chi connectivity index (χ0v) is 15.1. The number of carbonyl (C=O) groups is 1. The SMILES string of the molecule is CCOc1ccc(Cl)cc1/C=C(\C#N)C(=O)Nc1ccc(C)c(C)c1. The van der Waals surface area contributed by atoms with Crippen molar-refractivity contribution in [3.05, 3.63) is 63.7 Å². The number of rotatable bonds is 5. The second kappa shape index (κ2) is 8.36. The van der Waals surface area contributed by atoms with Crippen molar-refractivity contribution in [3.8, 4) is 11.8 Å².